The van der Waals surface area contributed by atoms with Crippen LogP contribution in [-0.4, -0.2) is 48.4 Å². The Balaban J connectivity index is 1.28. The van der Waals surface area contributed by atoms with E-state index in [0.717, 1.165) is 36.8 Å². The number of fused-ring (bicyclic) bond motifs is 1. The molecule has 6 nitrogen and oxygen atoms in total. The van der Waals surface area contributed by atoms with Gasteiger partial charge in [-0.05, 0) is 53.1 Å². The predicted octanol–water partition coefficient (Wildman–Crippen LogP) is 3.75. The summed E-state index contributed by atoms with van der Waals surface area (Å²) in [6.45, 7) is 2.61. The molecule has 0 bridgehead atoms. The highest BCUT2D eigenvalue weighted by atomic mass is 19.1. The maximum atomic E-state index is 13.4. The fraction of sp³-hybridized carbons (Fsp3) is 0.292. The van der Waals surface area contributed by atoms with E-state index in [9.17, 15) is 9.18 Å². The van der Waals surface area contributed by atoms with Crippen LogP contribution < -0.4 is 15.4 Å². The number of aliphatic hydroxyl groups is 1. The highest BCUT2D eigenvalue weighted by molar-refractivity contribution is 5.89. The Labute approximate surface area is 180 Å². The molecule has 162 valence electrons. The normalized spacial score (nSPS) is 16.4. The first kappa shape index (κ1) is 21.1. The molecule has 1 aliphatic rings. The fourth-order valence-corrected chi connectivity index (χ4v) is 3.90. The van der Waals surface area contributed by atoms with Crippen LogP contribution in [-0.2, 0) is 6.54 Å². The monoisotopic (exact) mass is 423 g/mol. The zero-order valence-corrected chi connectivity index (χ0v) is 17.2. The minimum Gasteiger partial charge on any atom is -0.491 e. The van der Waals surface area contributed by atoms with E-state index in [2.05, 4.69) is 21.6 Å². The average molecular weight is 423 g/mol. The first-order valence-electron chi connectivity index (χ1n) is 10.4. The second-order valence-electron chi connectivity index (χ2n) is 7.74. The van der Waals surface area contributed by atoms with Crippen molar-refractivity contribution in [2.45, 2.75) is 19.0 Å². The summed E-state index contributed by atoms with van der Waals surface area (Å²) in [4.78, 5) is 14.7. The van der Waals surface area contributed by atoms with Crippen molar-refractivity contribution >= 4 is 22.5 Å². The lowest BCUT2D eigenvalue weighted by atomic mass is 10.1. The van der Waals surface area contributed by atoms with Crippen LogP contribution in [0.15, 0.2) is 60.7 Å². The van der Waals surface area contributed by atoms with Crippen molar-refractivity contribution in [3.8, 4) is 5.75 Å². The van der Waals surface area contributed by atoms with Gasteiger partial charge in [0.05, 0.1) is 6.61 Å². The van der Waals surface area contributed by atoms with E-state index in [1.165, 1.54) is 11.6 Å². The maximum absolute atomic E-state index is 13.4. The Morgan fingerprint density at radius 3 is 2.84 bits per heavy atom. The van der Waals surface area contributed by atoms with Crippen molar-refractivity contribution in [2.24, 2.45) is 0 Å². The molecule has 0 aliphatic carbocycles. The Morgan fingerprint density at radius 1 is 1.13 bits per heavy atom. The minimum absolute atomic E-state index is 0.0614. The number of likely N-dealkylation sites (tertiary alicyclic amines) is 1. The Kier molecular flexibility index (Phi) is 6.64. The number of nitrogens with one attached hydrogen (secondary N) is 2. The summed E-state index contributed by atoms with van der Waals surface area (Å²) in [5.74, 6) is 0.369. The highest BCUT2D eigenvalue weighted by Crippen LogP contribution is 2.21. The summed E-state index contributed by atoms with van der Waals surface area (Å²) in [5.41, 5.74) is 1.80. The second-order valence-corrected chi connectivity index (χ2v) is 7.74. The number of hydrogen-bond donors (Lipinski definition) is 3. The number of amides is 2. The number of hydrogen-bond acceptors (Lipinski definition) is 4. The molecule has 1 saturated heterocycles. The maximum Gasteiger partial charge on any atom is 0.319 e. The molecule has 2 amide bonds. The molecule has 0 aromatic heterocycles. The third-order valence-electron chi connectivity index (χ3n) is 5.33. The van der Waals surface area contributed by atoms with Crippen LogP contribution in [0.2, 0.25) is 0 Å². The summed E-state index contributed by atoms with van der Waals surface area (Å²) in [5, 5.41) is 16.6. The lowest BCUT2D eigenvalue weighted by Crippen LogP contribution is -2.39. The zero-order chi connectivity index (χ0) is 21.6. The van der Waals surface area contributed by atoms with E-state index in [4.69, 9.17) is 9.84 Å². The molecule has 0 radical (unpaired) electrons. The smallest absolute Gasteiger partial charge is 0.319 e. The standard InChI is InChI=1S/C24H26FN3O3/c25-20-7-6-18-12-17(4-5-19(18)13-20)15-28-9-8-22(16-28)27-24(30)26-21-2-1-3-23(14-21)31-11-10-29/h1-7,12-14,22,29H,8-11,15-16H2,(H2,26,27,30)/t22-/m1/s1. The van der Waals surface area contributed by atoms with Gasteiger partial charge in [0, 0.05) is 37.4 Å². The molecule has 1 aliphatic heterocycles. The predicted molar refractivity (Wildman–Crippen MR) is 119 cm³/mol. The number of benzene rings is 3. The van der Waals surface area contributed by atoms with Gasteiger partial charge in [-0.2, -0.15) is 0 Å². The summed E-state index contributed by atoms with van der Waals surface area (Å²) in [7, 11) is 0. The van der Waals surface area contributed by atoms with E-state index in [-0.39, 0.29) is 31.1 Å². The molecule has 7 heteroatoms. The van der Waals surface area contributed by atoms with Crippen LogP contribution in [0.3, 0.4) is 0 Å². The van der Waals surface area contributed by atoms with E-state index in [1.54, 1.807) is 36.4 Å². The third kappa shape index (κ3) is 5.71. The van der Waals surface area contributed by atoms with Gasteiger partial charge in [-0.3, -0.25) is 4.90 Å². The lowest BCUT2D eigenvalue weighted by Gasteiger charge is -2.17. The number of anilines is 1. The molecule has 1 fully saturated rings. The molecule has 31 heavy (non-hydrogen) atoms. The van der Waals surface area contributed by atoms with Gasteiger partial charge in [-0.15, -0.1) is 0 Å². The van der Waals surface area contributed by atoms with Gasteiger partial charge in [0.1, 0.15) is 18.2 Å². The van der Waals surface area contributed by atoms with Gasteiger partial charge in [0.15, 0.2) is 0 Å². The van der Waals surface area contributed by atoms with Crippen molar-refractivity contribution in [1.29, 1.82) is 0 Å². The van der Waals surface area contributed by atoms with Gasteiger partial charge >= 0.3 is 6.03 Å². The van der Waals surface area contributed by atoms with Crippen LogP contribution in [0, 0.1) is 5.82 Å². The number of rotatable bonds is 7. The van der Waals surface area contributed by atoms with Crippen LogP contribution >= 0.6 is 0 Å². The molecule has 1 heterocycles. The van der Waals surface area contributed by atoms with Crippen LogP contribution in [0.25, 0.3) is 10.8 Å². The van der Waals surface area contributed by atoms with Crippen molar-refractivity contribution in [2.75, 3.05) is 31.6 Å². The summed E-state index contributed by atoms with van der Waals surface area (Å²) in [6, 6.07) is 17.8. The van der Waals surface area contributed by atoms with Crippen LogP contribution in [0.5, 0.6) is 5.75 Å². The minimum atomic E-state index is -0.251. The largest absolute Gasteiger partial charge is 0.491 e. The molecule has 4 rings (SSSR count). The van der Waals surface area contributed by atoms with Gasteiger partial charge < -0.3 is 20.5 Å². The SMILES string of the molecule is O=C(Nc1cccc(OCCO)c1)N[C@@H]1CCN(Cc2ccc3cc(F)ccc3c2)C1. The molecule has 3 N–H and O–H groups in total. The molecule has 3 aromatic carbocycles. The zero-order valence-electron chi connectivity index (χ0n) is 17.2. The number of halogens is 1. The van der Waals surface area contributed by atoms with Crippen molar-refractivity contribution in [3.05, 3.63) is 72.0 Å². The number of aliphatic hydroxyl groups excluding tert-OH is 1. The molecule has 3 aromatic rings. The van der Waals surface area contributed by atoms with Crippen molar-refractivity contribution < 1.29 is 19.0 Å². The number of urea groups is 1. The van der Waals surface area contributed by atoms with E-state index in [0.29, 0.717) is 11.4 Å². The average Bonchev–Trinajstić information content (AvgIpc) is 3.19. The Bertz CT molecular complexity index is 1060. The number of carbonyl (C=O) groups is 1. The Hall–Kier alpha value is -3.16. The Morgan fingerprint density at radius 2 is 1.97 bits per heavy atom. The van der Waals surface area contributed by atoms with Crippen molar-refractivity contribution in [3.63, 3.8) is 0 Å². The first-order valence-corrected chi connectivity index (χ1v) is 10.4. The summed E-state index contributed by atoms with van der Waals surface area (Å²) in [6.07, 6.45) is 0.881. The molecule has 0 unspecified atom stereocenters. The van der Waals surface area contributed by atoms with E-state index < -0.39 is 0 Å². The van der Waals surface area contributed by atoms with E-state index in [1.807, 2.05) is 12.1 Å². The van der Waals surface area contributed by atoms with Crippen LogP contribution in [0.1, 0.15) is 12.0 Å². The third-order valence-corrected chi connectivity index (χ3v) is 5.33. The fourth-order valence-electron chi connectivity index (χ4n) is 3.90. The van der Waals surface area contributed by atoms with Gasteiger partial charge in [-0.1, -0.05) is 24.3 Å². The van der Waals surface area contributed by atoms with Gasteiger partial charge in [0.2, 0.25) is 0 Å². The topological polar surface area (TPSA) is 73.8 Å². The highest BCUT2D eigenvalue weighted by Gasteiger charge is 2.24. The second kappa shape index (κ2) is 9.76. The number of carbonyl (C=O) groups excluding carboxylic acids is 1. The van der Waals surface area contributed by atoms with Crippen molar-refractivity contribution in [1.82, 2.24) is 10.2 Å². The number of ether oxygens (including phenoxy) is 1. The summed E-state index contributed by atoms with van der Waals surface area (Å²) < 4.78 is 18.7. The summed E-state index contributed by atoms with van der Waals surface area (Å²) >= 11 is 0. The van der Waals surface area contributed by atoms with E-state index >= 15 is 0 Å². The van der Waals surface area contributed by atoms with Crippen LogP contribution in [0.4, 0.5) is 14.9 Å². The molecule has 1 atom stereocenters. The quantitative estimate of drug-likeness (QED) is 0.541. The molecule has 0 saturated carbocycles. The molecular weight excluding hydrogens is 397 g/mol. The molecule has 0 spiro atoms. The van der Waals surface area contributed by atoms with Gasteiger partial charge in [-0.25, -0.2) is 9.18 Å². The first-order chi connectivity index (χ1) is 15.1. The number of nitrogens with zero attached hydrogens (tertiary/aromatic N) is 1. The van der Waals surface area contributed by atoms with Gasteiger partial charge in [0.25, 0.3) is 0 Å². The lowest BCUT2D eigenvalue weighted by molar-refractivity contribution is 0.201. The molecular formula is C24H26FN3O3.